The molecule has 0 saturated heterocycles. The van der Waals surface area contributed by atoms with Crippen molar-refractivity contribution in [2.45, 2.75) is 162 Å². The van der Waals surface area contributed by atoms with E-state index in [-0.39, 0.29) is 19.4 Å². The predicted molar refractivity (Wildman–Crippen MR) is 158 cm³/mol. The Bertz CT molecular complexity index is 704. The number of ether oxygens (including phenoxy) is 1. The Morgan fingerprint density at radius 2 is 0.950 bits per heavy atom. The van der Waals surface area contributed by atoms with Gasteiger partial charge in [0.2, 0.25) is 5.60 Å². The molecule has 40 heavy (non-hydrogen) atoms. The van der Waals surface area contributed by atoms with Crippen LogP contribution in [0.4, 0.5) is 0 Å². The van der Waals surface area contributed by atoms with E-state index in [0.717, 1.165) is 90.4 Å². The molecule has 0 aromatic carbocycles. The smallest absolute Gasteiger partial charge is 0.338 e. The molecule has 0 aliphatic carbocycles. The summed E-state index contributed by atoms with van der Waals surface area (Å²) in [4.78, 5) is 51.7. The van der Waals surface area contributed by atoms with Crippen molar-refractivity contribution in [3.8, 4) is 0 Å². The van der Waals surface area contributed by atoms with Crippen molar-refractivity contribution >= 4 is 23.7 Å². The second-order valence-electron chi connectivity index (χ2n) is 11.5. The molecular formula is C32H58O8. The van der Waals surface area contributed by atoms with Crippen molar-refractivity contribution in [1.29, 1.82) is 0 Å². The molecule has 0 amide bonds. The first-order valence-electron chi connectivity index (χ1n) is 15.9. The highest BCUT2D eigenvalue weighted by atomic mass is 16.5. The van der Waals surface area contributed by atoms with Gasteiger partial charge in [0.05, 0.1) is 0 Å². The summed E-state index contributed by atoms with van der Waals surface area (Å²) in [6.07, 6.45) is 15.5. The van der Waals surface area contributed by atoms with Gasteiger partial charge < -0.3 is 20.1 Å². The van der Waals surface area contributed by atoms with E-state index in [1.54, 1.807) is 0 Å². The molecule has 234 valence electrons. The van der Waals surface area contributed by atoms with Crippen LogP contribution in [0.3, 0.4) is 0 Å². The van der Waals surface area contributed by atoms with Crippen LogP contribution in [0.15, 0.2) is 0 Å². The first kappa shape index (κ1) is 38.0. The van der Waals surface area contributed by atoms with E-state index in [4.69, 9.17) is 4.74 Å². The van der Waals surface area contributed by atoms with Crippen LogP contribution in [0.1, 0.15) is 156 Å². The predicted octanol–water partition coefficient (Wildman–Crippen LogP) is 8.05. The first-order chi connectivity index (χ1) is 19.1. The van der Waals surface area contributed by atoms with Crippen molar-refractivity contribution in [1.82, 2.24) is 0 Å². The standard InChI is InChI=1S/C32H58O8/c1-5-8-11-14-17-20-23-31(29(36)37,24-21-18-15-12-9-6-2)32(30(38)39,27(26(4)33)28(34)35)40-25-22-19-16-13-10-7-3/h27H,5-25H2,1-4H3,(H,34,35)(H,36,37)(H,38,39). The summed E-state index contributed by atoms with van der Waals surface area (Å²) in [6, 6.07) is 0. The zero-order chi connectivity index (χ0) is 30.4. The van der Waals surface area contributed by atoms with Gasteiger partial charge in [0.15, 0.2) is 5.92 Å². The normalized spacial score (nSPS) is 14.0. The van der Waals surface area contributed by atoms with Gasteiger partial charge in [-0.15, -0.1) is 0 Å². The number of aliphatic carboxylic acids is 3. The van der Waals surface area contributed by atoms with Gasteiger partial charge in [-0.1, -0.05) is 130 Å². The van der Waals surface area contributed by atoms with E-state index < -0.39 is 40.6 Å². The van der Waals surface area contributed by atoms with E-state index in [2.05, 4.69) is 20.8 Å². The molecule has 8 heteroatoms. The number of ketones is 1. The first-order valence-corrected chi connectivity index (χ1v) is 15.9. The van der Waals surface area contributed by atoms with Crippen molar-refractivity contribution in [2.75, 3.05) is 6.61 Å². The molecule has 0 aromatic heterocycles. The number of carbonyl (C=O) groups excluding carboxylic acids is 1. The minimum absolute atomic E-state index is 0.0523. The number of hydrogen-bond acceptors (Lipinski definition) is 5. The Kier molecular flexibility index (Phi) is 20.7. The number of hydrogen-bond donors (Lipinski definition) is 3. The molecule has 2 unspecified atom stereocenters. The highest BCUT2D eigenvalue weighted by molar-refractivity contribution is 6.06. The van der Waals surface area contributed by atoms with Crippen LogP contribution in [0.25, 0.3) is 0 Å². The minimum atomic E-state index is -2.70. The summed E-state index contributed by atoms with van der Waals surface area (Å²) in [6.45, 7) is 7.22. The van der Waals surface area contributed by atoms with Crippen LogP contribution < -0.4 is 0 Å². The third-order valence-corrected chi connectivity index (χ3v) is 8.24. The van der Waals surface area contributed by atoms with Gasteiger partial charge >= 0.3 is 17.9 Å². The largest absolute Gasteiger partial charge is 0.481 e. The maximum atomic E-state index is 13.2. The van der Waals surface area contributed by atoms with E-state index in [0.29, 0.717) is 32.1 Å². The molecule has 3 N–H and O–H groups in total. The van der Waals surface area contributed by atoms with Crippen LogP contribution in [0.5, 0.6) is 0 Å². The van der Waals surface area contributed by atoms with Gasteiger partial charge in [-0.25, -0.2) is 4.79 Å². The van der Waals surface area contributed by atoms with Crippen molar-refractivity contribution in [3.63, 3.8) is 0 Å². The van der Waals surface area contributed by atoms with Crippen LogP contribution in [-0.4, -0.2) is 51.2 Å². The maximum absolute atomic E-state index is 13.2. The van der Waals surface area contributed by atoms with Crippen LogP contribution in [0, 0.1) is 11.3 Å². The summed E-state index contributed by atoms with van der Waals surface area (Å²) < 4.78 is 6.02. The Balaban J connectivity index is 6.46. The summed E-state index contributed by atoms with van der Waals surface area (Å²) in [5.74, 6) is -7.77. The summed E-state index contributed by atoms with van der Waals surface area (Å²) in [5.41, 5.74) is -4.75. The van der Waals surface area contributed by atoms with Gasteiger partial charge in [-0.3, -0.25) is 14.4 Å². The highest BCUT2D eigenvalue weighted by Crippen LogP contribution is 2.49. The molecule has 8 nitrogen and oxygen atoms in total. The summed E-state index contributed by atoms with van der Waals surface area (Å²) >= 11 is 0. The Morgan fingerprint density at radius 1 is 0.575 bits per heavy atom. The molecule has 0 bridgehead atoms. The number of unbranched alkanes of at least 4 members (excludes halogenated alkanes) is 15. The highest BCUT2D eigenvalue weighted by Gasteiger charge is 2.69. The molecule has 0 rings (SSSR count). The number of carboxylic acids is 3. The average Bonchev–Trinajstić information content (AvgIpc) is 2.89. The van der Waals surface area contributed by atoms with E-state index >= 15 is 0 Å². The van der Waals surface area contributed by atoms with Crippen molar-refractivity contribution in [3.05, 3.63) is 0 Å². The summed E-state index contributed by atoms with van der Waals surface area (Å²) in [7, 11) is 0. The molecule has 2 atom stereocenters. The van der Waals surface area contributed by atoms with Crippen LogP contribution >= 0.6 is 0 Å². The Hall–Kier alpha value is -1.96. The van der Waals surface area contributed by atoms with E-state index in [1.807, 2.05) is 0 Å². The number of Topliss-reactive ketones (excluding diaryl/α,β-unsaturated/α-hetero) is 1. The molecule has 0 fully saturated rings. The molecule has 0 spiro atoms. The lowest BCUT2D eigenvalue weighted by Crippen LogP contribution is -2.67. The Labute approximate surface area is 242 Å². The lowest BCUT2D eigenvalue weighted by atomic mass is 9.59. The third-order valence-electron chi connectivity index (χ3n) is 8.24. The topological polar surface area (TPSA) is 138 Å². The molecule has 0 aromatic rings. The monoisotopic (exact) mass is 570 g/mol. The van der Waals surface area contributed by atoms with Gasteiger partial charge in [0.25, 0.3) is 0 Å². The second kappa shape index (κ2) is 21.7. The van der Waals surface area contributed by atoms with E-state index in [9.17, 15) is 34.5 Å². The lowest BCUT2D eigenvalue weighted by Gasteiger charge is -2.47. The number of carbonyl (C=O) groups is 4. The fourth-order valence-corrected chi connectivity index (χ4v) is 5.92. The summed E-state index contributed by atoms with van der Waals surface area (Å²) in [5, 5.41) is 31.6. The molecule has 0 saturated carbocycles. The fourth-order valence-electron chi connectivity index (χ4n) is 5.92. The van der Waals surface area contributed by atoms with Crippen LogP contribution in [0.2, 0.25) is 0 Å². The molecule has 0 radical (unpaired) electrons. The number of carboxylic acid groups (broad SMARTS) is 3. The van der Waals surface area contributed by atoms with Gasteiger partial charge in [0, 0.05) is 6.61 Å². The zero-order valence-corrected chi connectivity index (χ0v) is 25.8. The second-order valence-corrected chi connectivity index (χ2v) is 11.5. The SMILES string of the molecule is CCCCCCCCOC(C(=O)O)(C(C(C)=O)C(=O)O)C(CCCCCCCC)(CCCCCCCC)C(=O)O. The fraction of sp³-hybridized carbons (Fsp3) is 0.875. The van der Waals surface area contributed by atoms with Crippen LogP contribution in [-0.2, 0) is 23.9 Å². The maximum Gasteiger partial charge on any atom is 0.338 e. The van der Waals surface area contributed by atoms with Gasteiger partial charge in [-0.05, 0) is 26.2 Å². The average molecular weight is 571 g/mol. The van der Waals surface area contributed by atoms with Gasteiger partial charge in [0.1, 0.15) is 11.2 Å². The molecular weight excluding hydrogens is 512 g/mol. The van der Waals surface area contributed by atoms with E-state index in [1.165, 1.54) is 0 Å². The van der Waals surface area contributed by atoms with Crippen molar-refractivity contribution < 1.29 is 39.2 Å². The van der Waals surface area contributed by atoms with Crippen molar-refractivity contribution in [2.24, 2.45) is 11.3 Å². The number of rotatable bonds is 28. The molecule has 0 aliphatic heterocycles. The Morgan fingerprint density at radius 3 is 1.27 bits per heavy atom. The molecule has 0 aliphatic rings. The molecule has 0 heterocycles. The third kappa shape index (κ3) is 11.9. The zero-order valence-electron chi connectivity index (χ0n) is 25.8. The lowest BCUT2D eigenvalue weighted by molar-refractivity contribution is -0.219. The quantitative estimate of drug-likeness (QED) is 0.0634. The van der Waals surface area contributed by atoms with Gasteiger partial charge in [-0.2, -0.15) is 0 Å². The minimum Gasteiger partial charge on any atom is -0.481 e.